The zero-order chi connectivity index (χ0) is 10.8. The van der Waals surface area contributed by atoms with Crippen LogP contribution in [0.25, 0.3) is 0 Å². The molecule has 0 aromatic heterocycles. The molecule has 0 radical (unpaired) electrons. The number of hydrogen-bond acceptors (Lipinski definition) is 3. The molecule has 0 aliphatic carbocycles. The van der Waals surface area contributed by atoms with E-state index in [0.717, 1.165) is 6.42 Å². The van der Waals surface area contributed by atoms with Crippen LogP contribution in [0.5, 0.6) is 0 Å². The molecule has 0 atom stereocenters. The Morgan fingerprint density at radius 1 is 1.50 bits per heavy atom. The van der Waals surface area contributed by atoms with Gasteiger partial charge in [0.15, 0.2) is 0 Å². The van der Waals surface area contributed by atoms with Crippen molar-refractivity contribution < 1.29 is 9.53 Å². The van der Waals surface area contributed by atoms with Gasteiger partial charge in [-0.05, 0) is 19.9 Å². The summed E-state index contributed by atoms with van der Waals surface area (Å²) in [6, 6.07) is -0.0435. The van der Waals surface area contributed by atoms with Gasteiger partial charge in [-0.15, -0.1) is 0 Å². The maximum absolute atomic E-state index is 11.5. The molecule has 5 heteroatoms. The lowest BCUT2D eigenvalue weighted by Crippen LogP contribution is -2.42. The first-order chi connectivity index (χ1) is 6.76. The average molecular weight is 203 g/mol. The van der Waals surface area contributed by atoms with E-state index in [9.17, 15) is 4.79 Å². The van der Waals surface area contributed by atoms with Crippen molar-refractivity contribution in [3.63, 3.8) is 0 Å². The molecule has 5 nitrogen and oxygen atoms in total. The topological polar surface area (TPSA) is 67.6 Å². The number of carbonyl (C=O) groups excluding carboxylic acids is 1. The number of carbonyl (C=O) groups is 1. The summed E-state index contributed by atoms with van der Waals surface area (Å²) < 4.78 is 4.93. The lowest BCUT2D eigenvalue weighted by atomic mass is 10.4. The SMILES string of the molecule is CCNC(=O)N(CCCN)CCOC. The van der Waals surface area contributed by atoms with Gasteiger partial charge in [-0.25, -0.2) is 4.79 Å². The van der Waals surface area contributed by atoms with Crippen LogP contribution >= 0.6 is 0 Å². The second kappa shape index (κ2) is 8.77. The van der Waals surface area contributed by atoms with Crippen LogP contribution in [-0.2, 0) is 4.74 Å². The van der Waals surface area contributed by atoms with Gasteiger partial charge < -0.3 is 20.7 Å². The summed E-state index contributed by atoms with van der Waals surface area (Å²) in [6.45, 7) is 5.00. The minimum atomic E-state index is -0.0435. The summed E-state index contributed by atoms with van der Waals surface area (Å²) in [7, 11) is 1.62. The van der Waals surface area contributed by atoms with Gasteiger partial charge in [-0.3, -0.25) is 0 Å². The van der Waals surface area contributed by atoms with Crippen molar-refractivity contribution in [2.24, 2.45) is 5.73 Å². The highest BCUT2D eigenvalue weighted by molar-refractivity contribution is 5.74. The van der Waals surface area contributed by atoms with E-state index in [-0.39, 0.29) is 6.03 Å². The number of amides is 2. The minimum absolute atomic E-state index is 0.0435. The summed E-state index contributed by atoms with van der Waals surface area (Å²) in [5.41, 5.74) is 5.39. The Morgan fingerprint density at radius 2 is 2.21 bits per heavy atom. The number of nitrogens with zero attached hydrogens (tertiary/aromatic N) is 1. The Hall–Kier alpha value is -0.810. The van der Waals surface area contributed by atoms with Crippen molar-refractivity contribution in [2.75, 3.05) is 39.9 Å². The molecule has 0 saturated heterocycles. The molecular weight excluding hydrogens is 182 g/mol. The molecule has 0 spiro atoms. The average Bonchev–Trinajstić information content (AvgIpc) is 2.18. The first-order valence-corrected chi connectivity index (χ1v) is 4.98. The molecule has 2 amide bonds. The Morgan fingerprint density at radius 3 is 2.71 bits per heavy atom. The van der Waals surface area contributed by atoms with Gasteiger partial charge in [0.25, 0.3) is 0 Å². The molecule has 0 heterocycles. The Kier molecular flexibility index (Phi) is 8.27. The molecule has 0 saturated carbocycles. The zero-order valence-electron chi connectivity index (χ0n) is 9.08. The van der Waals surface area contributed by atoms with E-state index in [1.807, 2.05) is 6.92 Å². The van der Waals surface area contributed by atoms with E-state index < -0.39 is 0 Å². The van der Waals surface area contributed by atoms with Gasteiger partial charge in [0.05, 0.1) is 6.61 Å². The molecule has 0 aliphatic heterocycles. The first kappa shape index (κ1) is 13.2. The van der Waals surface area contributed by atoms with Gasteiger partial charge in [0.1, 0.15) is 0 Å². The molecule has 0 aromatic carbocycles. The van der Waals surface area contributed by atoms with Crippen molar-refractivity contribution in [1.29, 1.82) is 0 Å². The number of rotatable bonds is 7. The second-order valence-electron chi connectivity index (χ2n) is 2.96. The Bertz CT molecular complexity index is 145. The molecule has 0 fully saturated rings. The van der Waals surface area contributed by atoms with Crippen LogP contribution in [0, 0.1) is 0 Å². The minimum Gasteiger partial charge on any atom is -0.383 e. The molecule has 0 aliphatic rings. The fourth-order valence-electron chi connectivity index (χ4n) is 1.06. The second-order valence-corrected chi connectivity index (χ2v) is 2.96. The maximum atomic E-state index is 11.5. The summed E-state index contributed by atoms with van der Waals surface area (Å²) in [6.07, 6.45) is 0.820. The van der Waals surface area contributed by atoms with Crippen LogP contribution in [0.3, 0.4) is 0 Å². The van der Waals surface area contributed by atoms with E-state index in [4.69, 9.17) is 10.5 Å². The molecular formula is C9H21N3O2. The van der Waals surface area contributed by atoms with E-state index in [2.05, 4.69) is 5.32 Å². The van der Waals surface area contributed by atoms with Gasteiger partial charge in [-0.2, -0.15) is 0 Å². The lowest BCUT2D eigenvalue weighted by molar-refractivity contribution is 0.149. The predicted octanol–water partition coefficient (Wildman–Crippen LogP) is 0.0131. The Labute approximate surface area is 85.6 Å². The highest BCUT2D eigenvalue weighted by Gasteiger charge is 2.10. The standard InChI is InChI=1S/C9H21N3O2/c1-3-11-9(13)12(6-4-5-10)7-8-14-2/h3-8,10H2,1-2H3,(H,11,13). The van der Waals surface area contributed by atoms with Crippen molar-refractivity contribution in [3.05, 3.63) is 0 Å². The van der Waals surface area contributed by atoms with E-state index in [1.54, 1.807) is 12.0 Å². The Balaban J connectivity index is 3.88. The van der Waals surface area contributed by atoms with Gasteiger partial charge in [0.2, 0.25) is 0 Å². The van der Waals surface area contributed by atoms with Crippen LogP contribution < -0.4 is 11.1 Å². The number of ether oxygens (including phenoxy) is 1. The number of hydrogen-bond donors (Lipinski definition) is 2. The number of methoxy groups -OCH3 is 1. The maximum Gasteiger partial charge on any atom is 0.317 e. The molecule has 0 aromatic rings. The molecule has 3 N–H and O–H groups in total. The van der Waals surface area contributed by atoms with E-state index >= 15 is 0 Å². The number of urea groups is 1. The van der Waals surface area contributed by atoms with Crippen LogP contribution in [0.15, 0.2) is 0 Å². The van der Waals surface area contributed by atoms with Crippen molar-refractivity contribution in [3.8, 4) is 0 Å². The fraction of sp³-hybridized carbons (Fsp3) is 0.889. The highest BCUT2D eigenvalue weighted by Crippen LogP contribution is 1.92. The van der Waals surface area contributed by atoms with Crippen LogP contribution in [0.4, 0.5) is 4.79 Å². The zero-order valence-corrected chi connectivity index (χ0v) is 9.08. The summed E-state index contributed by atoms with van der Waals surface area (Å²) in [5, 5.41) is 2.75. The quantitative estimate of drug-likeness (QED) is 0.612. The smallest absolute Gasteiger partial charge is 0.317 e. The number of nitrogens with one attached hydrogen (secondary N) is 1. The molecule has 84 valence electrons. The normalized spacial score (nSPS) is 9.93. The first-order valence-electron chi connectivity index (χ1n) is 4.98. The number of nitrogens with two attached hydrogens (primary N) is 1. The molecule has 0 bridgehead atoms. The van der Waals surface area contributed by atoms with Gasteiger partial charge in [-0.1, -0.05) is 0 Å². The van der Waals surface area contributed by atoms with E-state index in [0.29, 0.717) is 32.8 Å². The van der Waals surface area contributed by atoms with Crippen molar-refractivity contribution >= 4 is 6.03 Å². The monoisotopic (exact) mass is 203 g/mol. The predicted molar refractivity (Wildman–Crippen MR) is 56.2 cm³/mol. The van der Waals surface area contributed by atoms with Crippen molar-refractivity contribution in [2.45, 2.75) is 13.3 Å². The fourth-order valence-corrected chi connectivity index (χ4v) is 1.06. The molecule has 14 heavy (non-hydrogen) atoms. The third-order valence-electron chi connectivity index (χ3n) is 1.81. The largest absolute Gasteiger partial charge is 0.383 e. The van der Waals surface area contributed by atoms with Crippen LogP contribution in [0.1, 0.15) is 13.3 Å². The molecule has 0 unspecified atom stereocenters. The molecule has 0 rings (SSSR count). The van der Waals surface area contributed by atoms with Gasteiger partial charge in [0, 0.05) is 26.7 Å². The van der Waals surface area contributed by atoms with Crippen LogP contribution in [0.2, 0.25) is 0 Å². The summed E-state index contributed by atoms with van der Waals surface area (Å²) >= 11 is 0. The van der Waals surface area contributed by atoms with E-state index in [1.165, 1.54) is 0 Å². The third kappa shape index (κ3) is 5.77. The summed E-state index contributed by atoms with van der Waals surface area (Å²) in [5.74, 6) is 0. The summed E-state index contributed by atoms with van der Waals surface area (Å²) in [4.78, 5) is 13.2. The third-order valence-corrected chi connectivity index (χ3v) is 1.81. The van der Waals surface area contributed by atoms with Gasteiger partial charge >= 0.3 is 6.03 Å². The van der Waals surface area contributed by atoms with Crippen molar-refractivity contribution in [1.82, 2.24) is 10.2 Å². The lowest BCUT2D eigenvalue weighted by Gasteiger charge is -2.22. The highest BCUT2D eigenvalue weighted by atomic mass is 16.5. The van der Waals surface area contributed by atoms with Crippen LogP contribution in [-0.4, -0.2) is 50.8 Å².